The maximum absolute atomic E-state index is 12.5. The number of carboxylic acids is 1. The van der Waals surface area contributed by atoms with Gasteiger partial charge >= 0.3 is 5.97 Å². The topological polar surface area (TPSA) is 164 Å². The standard InChI is InChI=1S/C22H30O4.C6H11NO5/c1-12-8-16-15-5-4-13-9-14(24)6-7-21(13,2)20(15)17(25)10-22(16,3)19(12)18(26)11-23;8-6(9)4-2-1-3-5-12-7(10)11/h6-7,9,12,15-17,19-20,23,25H,4-5,8,10-11H2,1-3H3;1-5H2,(H,8,9). The smallest absolute Gasteiger partial charge is 0.303 e. The Labute approximate surface area is 223 Å². The largest absolute Gasteiger partial charge is 0.481 e. The summed E-state index contributed by atoms with van der Waals surface area (Å²) in [4.78, 5) is 48.0. The predicted octanol–water partition coefficient (Wildman–Crippen LogP) is 3.53. The first-order chi connectivity index (χ1) is 17.8. The van der Waals surface area contributed by atoms with Crippen molar-refractivity contribution in [3.8, 4) is 0 Å². The average molecular weight is 536 g/mol. The number of aliphatic carboxylic acids is 1. The van der Waals surface area contributed by atoms with Crippen LogP contribution in [0, 0.1) is 50.5 Å². The van der Waals surface area contributed by atoms with E-state index in [1.54, 1.807) is 12.2 Å². The van der Waals surface area contributed by atoms with E-state index >= 15 is 0 Å². The van der Waals surface area contributed by atoms with Gasteiger partial charge in [-0.2, -0.15) is 0 Å². The molecule has 0 heterocycles. The number of fused-ring (bicyclic) bond motifs is 5. The van der Waals surface area contributed by atoms with E-state index in [1.807, 2.05) is 6.08 Å². The number of aliphatic hydroxyl groups is 2. The van der Waals surface area contributed by atoms with Crippen LogP contribution < -0.4 is 0 Å². The number of hydrogen-bond donors (Lipinski definition) is 3. The number of hydrogen-bond acceptors (Lipinski definition) is 8. The Bertz CT molecular complexity index is 973. The molecule has 0 saturated heterocycles. The van der Waals surface area contributed by atoms with Crippen LogP contribution in [0.2, 0.25) is 0 Å². The van der Waals surface area contributed by atoms with Gasteiger partial charge in [0.15, 0.2) is 11.6 Å². The highest BCUT2D eigenvalue weighted by Crippen LogP contribution is 2.67. The molecule has 0 spiro atoms. The molecule has 3 N–H and O–H groups in total. The van der Waals surface area contributed by atoms with Crippen molar-refractivity contribution in [3.05, 3.63) is 33.9 Å². The number of rotatable bonds is 9. The first-order valence-corrected chi connectivity index (χ1v) is 13.6. The molecule has 10 nitrogen and oxygen atoms in total. The normalized spacial score (nSPS) is 37.1. The zero-order valence-electron chi connectivity index (χ0n) is 22.5. The second-order valence-corrected chi connectivity index (χ2v) is 11.9. The fourth-order valence-corrected chi connectivity index (χ4v) is 8.17. The van der Waals surface area contributed by atoms with Crippen LogP contribution in [0.1, 0.15) is 72.1 Å². The van der Waals surface area contributed by atoms with E-state index in [1.165, 1.54) is 0 Å². The summed E-state index contributed by atoms with van der Waals surface area (Å²) >= 11 is 0. The summed E-state index contributed by atoms with van der Waals surface area (Å²) in [6.07, 6.45) is 10.2. The number of carbonyl (C=O) groups is 3. The van der Waals surface area contributed by atoms with E-state index in [2.05, 4.69) is 25.6 Å². The van der Waals surface area contributed by atoms with Crippen molar-refractivity contribution in [2.45, 2.75) is 78.2 Å². The third kappa shape index (κ3) is 6.01. The Morgan fingerprint density at radius 3 is 2.58 bits per heavy atom. The first kappa shape index (κ1) is 30.0. The van der Waals surface area contributed by atoms with Crippen LogP contribution in [0.25, 0.3) is 0 Å². The van der Waals surface area contributed by atoms with Crippen molar-refractivity contribution >= 4 is 17.5 Å². The molecule has 0 aromatic carbocycles. The Hall–Kier alpha value is -2.59. The molecule has 0 aromatic rings. The van der Waals surface area contributed by atoms with Gasteiger partial charge in [0.25, 0.3) is 5.09 Å². The summed E-state index contributed by atoms with van der Waals surface area (Å²) in [5.41, 5.74) is 0.647. The fourth-order valence-electron chi connectivity index (χ4n) is 8.17. The molecule has 3 fully saturated rings. The van der Waals surface area contributed by atoms with Crippen molar-refractivity contribution in [1.29, 1.82) is 0 Å². The van der Waals surface area contributed by atoms with Gasteiger partial charge in [-0.05, 0) is 73.8 Å². The van der Waals surface area contributed by atoms with Gasteiger partial charge in [0.05, 0.1) is 12.7 Å². The van der Waals surface area contributed by atoms with Crippen LogP contribution in [-0.2, 0) is 19.2 Å². The number of Topliss-reactive ketones (excluding diaryl/α,β-unsaturated/α-hetero) is 1. The molecule has 0 bridgehead atoms. The zero-order chi connectivity index (χ0) is 28.3. The molecule has 8 atom stereocenters. The molecule has 10 heteroatoms. The highest BCUT2D eigenvalue weighted by Gasteiger charge is 2.64. The molecule has 0 radical (unpaired) electrons. The quantitative estimate of drug-likeness (QED) is 0.227. The van der Waals surface area contributed by atoms with E-state index in [0.717, 1.165) is 24.8 Å². The number of unbranched alkanes of at least 4 members (excludes halogenated alkanes) is 2. The summed E-state index contributed by atoms with van der Waals surface area (Å²) in [7, 11) is 0. The minimum atomic E-state index is -0.850. The Kier molecular flexibility index (Phi) is 9.52. The van der Waals surface area contributed by atoms with E-state index in [9.17, 15) is 34.7 Å². The van der Waals surface area contributed by atoms with Crippen molar-refractivity contribution in [2.75, 3.05) is 13.2 Å². The molecule has 0 amide bonds. The van der Waals surface area contributed by atoms with Crippen molar-refractivity contribution in [2.24, 2.45) is 40.4 Å². The summed E-state index contributed by atoms with van der Waals surface area (Å²) in [6, 6.07) is 0. The van der Waals surface area contributed by atoms with Crippen LogP contribution in [0.4, 0.5) is 0 Å². The van der Waals surface area contributed by atoms with Crippen LogP contribution in [0.15, 0.2) is 23.8 Å². The number of carbonyl (C=O) groups excluding carboxylic acids is 2. The Balaban J connectivity index is 0.000000284. The minimum absolute atomic E-state index is 0.0482. The maximum atomic E-state index is 12.5. The van der Waals surface area contributed by atoms with Gasteiger partial charge in [-0.1, -0.05) is 38.8 Å². The molecule has 38 heavy (non-hydrogen) atoms. The van der Waals surface area contributed by atoms with Crippen molar-refractivity contribution in [3.63, 3.8) is 0 Å². The number of nitrogens with zero attached hydrogens (tertiary/aromatic N) is 1. The van der Waals surface area contributed by atoms with Crippen LogP contribution in [0.5, 0.6) is 0 Å². The van der Waals surface area contributed by atoms with Crippen LogP contribution in [-0.4, -0.2) is 57.3 Å². The second-order valence-electron chi connectivity index (χ2n) is 11.9. The van der Waals surface area contributed by atoms with Gasteiger partial charge in [0, 0.05) is 23.7 Å². The third-order valence-corrected chi connectivity index (χ3v) is 9.57. The van der Waals surface area contributed by atoms with Gasteiger partial charge in [-0.3, -0.25) is 14.4 Å². The minimum Gasteiger partial charge on any atom is -0.481 e. The summed E-state index contributed by atoms with van der Waals surface area (Å²) in [6.45, 7) is 6.09. The molecule has 0 aromatic heterocycles. The molecule has 4 aliphatic carbocycles. The Morgan fingerprint density at radius 1 is 1.24 bits per heavy atom. The molecule has 4 aliphatic rings. The molecule has 0 aliphatic heterocycles. The van der Waals surface area contributed by atoms with Crippen LogP contribution >= 0.6 is 0 Å². The highest BCUT2D eigenvalue weighted by molar-refractivity contribution is 6.01. The van der Waals surface area contributed by atoms with Crippen molar-refractivity contribution in [1.82, 2.24) is 0 Å². The summed E-state index contributed by atoms with van der Waals surface area (Å²) < 4.78 is 0. The lowest BCUT2D eigenvalue weighted by Gasteiger charge is -2.58. The monoisotopic (exact) mass is 535 g/mol. The average Bonchev–Trinajstić information content (AvgIpc) is 3.10. The van der Waals surface area contributed by atoms with E-state index in [-0.39, 0.29) is 53.2 Å². The van der Waals surface area contributed by atoms with E-state index in [4.69, 9.17) is 5.11 Å². The Morgan fingerprint density at radius 2 is 1.95 bits per heavy atom. The van der Waals surface area contributed by atoms with E-state index < -0.39 is 23.8 Å². The molecular weight excluding hydrogens is 494 g/mol. The van der Waals surface area contributed by atoms with E-state index in [0.29, 0.717) is 37.5 Å². The fraction of sp³-hybridized carbons (Fsp3) is 0.750. The lowest BCUT2D eigenvalue weighted by Crippen LogP contribution is -2.56. The van der Waals surface area contributed by atoms with Gasteiger partial charge in [-0.15, -0.1) is 10.1 Å². The van der Waals surface area contributed by atoms with Gasteiger partial charge in [-0.25, -0.2) is 0 Å². The maximum Gasteiger partial charge on any atom is 0.303 e. The van der Waals surface area contributed by atoms with Crippen molar-refractivity contribution < 1.29 is 39.6 Å². The highest BCUT2D eigenvalue weighted by atomic mass is 16.9. The second kappa shape index (κ2) is 12.1. The zero-order valence-corrected chi connectivity index (χ0v) is 22.5. The first-order valence-electron chi connectivity index (χ1n) is 13.6. The number of ketones is 2. The number of aliphatic hydroxyl groups excluding tert-OH is 2. The molecular formula is C28H41NO9. The van der Waals surface area contributed by atoms with Gasteiger partial charge in [0.1, 0.15) is 6.61 Å². The predicted molar refractivity (Wildman–Crippen MR) is 137 cm³/mol. The van der Waals surface area contributed by atoms with Gasteiger partial charge in [0.2, 0.25) is 0 Å². The lowest BCUT2D eigenvalue weighted by atomic mass is 9.46. The molecule has 3 saturated carbocycles. The molecule has 4 rings (SSSR count). The number of allylic oxidation sites excluding steroid dienone is 4. The lowest BCUT2D eigenvalue weighted by molar-refractivity contribution is -0.757. The summed E-state index contributed by atoms with van der Waals surface area (Å²) in [5.74, 6) is 0.0435. The van der Waals surface area contributed by atoms with Gasteiger partial charge < -0.3 is 20.2 Å². The number of carboxylic acid groups (broad SMARTS) is 1. The molecule has 8 unspecified atom stereocenters. The SMILES string of the molecule is CC1CC2C3CCC4=CC(=O)C=CC4(C)C3C(O)CC2(C)C1C(=O)CO.O=C(O)CCCCCO[N+](=O)[O-]. The molecule has 212 valence electrons. The third-order valence-electron chi connectivity index (χ3n) is 9.57. The summed E-state index contributed by atoms with van der Waals surface area (Å²) in [5, 5.41) is 37.7. The van der Waals surface area contributed by atoms with Crippen LogP contribution in [0.3, 0.4) is 0 Å².